The summed E-state index contributed by atoms with van der Waals surface area (Å²) in [5.74, 6) is 0.851. The third-order valence-corrected chi connectivity index (χ3v) is 3.08. The first-order valence-corrected chi connectivity index (χ1v) is 5.39. The standard InChI is InChI=1S/C10H11BrN4/c1-7-2-3-13-10(9(7)11)14-5-8-4-12-6-15-8/h2-4,6H,5H2,1H3,(H,12,15)(H,13,14). The van der Waals surface area contributed by atoms with E-state index in [0.717, 1.165) is 21.5 Å². The summed E-state index contributed by atoms with van der Waals surface area (Å²) in [6.07, 6.45) is 5.24. The number of pyridine rings is 1. The number of hydrogen-bond acceptors (Lipinski definition) is 3. The first-order chi connectivity index (χ1) is 7.27. The molecule has 0 aliphatic heterocycles. The summed E-state index contributed by atoms with van der Waals surface area (Å²) in [5.41, 5.74) is 2.20. The second-order valence-corrected chi connectivity index (χ2v) is 4.01. The normalized spacial score (nSPS) is 10.3. The highest BCUT2D eigenvalue weighted by atomic mass is 79.9. The van der Waals surface area contributed by atoms with Crippen molar-refractivity contribution in [2.24, 2.45) is 0 Å². The quantitative estimate of drug-likeness (QED) is 0.898. The van der Waals surface area contributed by atoms with E-state index in [1.807, 2.05) is 13.0 Å². The van der Waals surface area contributed by atoms with E-state index in [1.54, 1.807) is 18.7 Å². The summed E-state index contributed by atoms with van der Waals surface area (Å²) in [6, 6.07) is 1.96. The smallest absolute Gasteiger partial charge is 0.140 e. The molecule has 2 N–H and O–H groups in total. The molecule has 0 fully saturated rings. The third kappa shape index (κ3) is 2.36. The van der Waals surface area contributed by atoms with Crippen molar-refractivity contribution in [1.29, 1.82) is 0 Å². The van der Waals surface area contributed by atoms with Gasteiger partial charge in [-0.15, -0.1) is 0 Å². The Morgan fingerprint density at radius 2 is 2.40 bits per heavy atom. The van der Waals surface area contributed by atoms with Crippen LogP contribution in [0.3, 0.4) is 0 Å². The summed E-state index contributed by atoms with van der Waals surface area (Å²) in [7, 11) is 0. The van der Waals surface area contributed by atoms with Crippen LogP contribution in [-0.2, 0) is 6.54 Å². The number of aryl methyl sites for hydroxylation is 1. The van der Waals surface area contributed by atoms with Gasteiger partial charge >= 0.3 is 0 Å². The summed E-state index contributed by atoms with van der Waals surface area (Å²) in [6.45, 7) is 2.72. The van der Waals surface area contributed by atoms with E-state index >= 15 is 0 Å². The Hall–Kier alpha value is -1.36. The molecule has 0 aromatic carbocycles. The SMILES string of the molecule is Cc1ccnc(NCc2cnc[nH]2)c1Br. The number of nitrogens with one attached hydrogen (secondary N) is 2. The topological polar surface area (TPSA) is 53.6 Å². The van der Waals surface area contributed by atoms with Crippen LogP contribution in [-0.4, -0.2) is 15.0 Å². The van der Waals surface area contributed by atoms with E-state index in [2.05, 4.69) is 36.2 Å². The second-order valence-electron chi connectivity index (χ2n) is 3.22. The number of rotatable bonds is 3. The summed E-state index contributed by atoms with van der Waals surface area (Å²) < 4.78 is 1.00. The number of nitrogens with zero attached hydrogens (tertiary/aromatic N) is 2. The number of hydrogen-bond donors (Lipinski definition) is 2. The van der Waals surface area contributed by atoms with Gasteiger partial charge in [-0.25, -0.2) is 9.97 Å². The Labute approximate surface area is 96.3 Å². The minimum Gasteiger partial charge on any atom is -0.364 e. The number of aromatic nitrogens is 3. The maximum atomic E-state index is 4.25. The fourth-order valence-electron chi connectivity index (χ4n) is 1.22. The van der Waals surface area contributed by atoms with Crippen LogP contribution in [0.15, 0.2) is 29.3 Å². The fourth-order valence-corrected chi connectivity index (χ4v) is 1.60. The zero-order valence-electron chi connectivity index (χ0n) is 8.29. The van der Waals surface area contributed by atoms with Gasteiger partial charge < -0.3 is 10.3 Å². The number of aromatic amines is 1. The molecule has 2 rings (SSSR count). The lowest BCUT2D eigenvalue weighted by Crippen LogP contribution is -2.02. The largest absolute Gasteiger partial charge is 0.364 e. The minimum absolute atomic E-state index is 0.690. The number of H-pyrrole nitrogens is 1. The predicted octanol–water partition coefficient (Wildman–Crippen LogP) is 2.49. The van der Waals surface area contributed by atoms with Crippen LogP contribution in [0.4, 0.5) is 5.82 Å². The molecule has 2 heterocycles. The van der Waals surface area contributed by atoms with Gasteiger partial charge in [-0.3, -0.25) is 0 Å². The van der Waals surface area contributed by atoms with Crippen molar-refractivity contribution < 1.29 is 0 Å². The van der Waals surface area contributed by atoms with Crippen LogP contribution in [0.5, 0.6) is 0 Å². The van der Waals surface area contributed by atoms with Crippen molar-refractivity contribution in [3.8, 4) is 0 Å². The number of anilines is 1. The van der Waals surface area contributed by atoms with Gasteiger partial charge in [0.25, 0.3) is 0 Å². The molecule has 0 aliphatic carbocycles. The number of halogens is 1. The number of imidazole rings is 1. The van der Waals surface area contributed by atoms with Crippen LogP contribution >= 0.6 is 15.9 Å². The Morgan fingerprint density at radius 3 is 3.13 bits per heavy atom. The fraction of sp³-hybridized carbons (Fsp3) is 0.200. The van der Waals surface area contributed by atoms with Crippen molar-refractivity contribution in [3.05, 3.63) is 40.5 Å². The minimum atomic E-state index is 0.690. The Morgan fingerprint density at radius 1 is 1.53 bits per heavy atom. The van der Waals surface area contributed by atoms with Gasteiger partial charge in [-0.05, 0) is 34.5 Å². The van der Waals surface area contributed by atoms with Gasteiger partial charge in [0.2, 0.25) is 0 Å². The predicted molar refractivity (Wildman–Crippen MR) is 62.6 cm³/mol. The maximum Gasteiger partial charge on any atom is 0.140 e. The van der Waals surface area contributed by atoms with Gasteiger partial charge in [-0.2, -0.15) is 0 Å². The zero-order valence-corrected chi connectivity index (χ0v) is 9.87. The molecular weight excluding hydrogens is 256 g/mol. The summed E-state index contributed by atoms with van der Waals surface area (Å²) >= 11 is 3.49. The molecule has 0 radical (unpaired) electrons. The molecule has 0 spiro atoms. The molecule has 15 heavy (non-hydrogen) atoms. The van der Waals surface area contributed by atoms with E-state index in [1.165, 1.54) is 0 Å². The molecule has 0 amide bonds. The second kappa shape index (κ2) is 4.44. The van der Waals surface area contributed by atoms with Gasteiger partial charge in [-0.1, -0.05) is 0 Å². The van der Waals surface area contributed by atoms with Gasteiger partial charge in [0.15, 0.2) is 0 Å². The summed E-state index contributed by atoms with van der Waals surface area (Å²) in [4.78, 5) is 11.2. The molecule has 0 saturated heterocycles. The van der Waals surface area contributed by atoms with E-state index < -0.39 is 0 Å². The first kappa shape index (κ1) is 10.2. The molecule has 0 unspecified atom stereocenters. The van der Waals surface area contributed by atoms with E-state index in [4.69, 9.17) is 0 Å². The molecule has 78 valence electrons. The highest BCUT2D eigenvalue weighted by Crippen LogP contribution is 2.23. The molecule has 0 bridgehead atoms. The van der Waals surface area contributed by atoms with E-state index in [9.17, 15) is 0 Å². The van der Waals surface area contributed by atoms with Crippen LogP contribution in [0.2, 0.25) is 0 Å². The van der Waals surface area contributed by atoms with Gasteiger partial charge in [0, 0.05) is 12.4 Å². The van der Waals surface area contributed by atoms with Crippen molar-refractivity contribution in [1.82, 2.24) is 15.0 Å². The monoisotopic (exact) mass is 266 g/mol. The van der Waals surface area contributed by atoms with Gasteiger partial charge in [0.1, 0.15) is 5.82 Å². The highest BCUT2D eigenvalue weighted by Gasteiger charge is 2.03. The van der Waals surface area contributed by atoms with Gasteiger partial charge in [0.05, 0.1) is 23.0 Å². The Balaban J connectivity index is 2.08. The summed E-state index contributed by atoms with van der Waals surface area (Å²) in [5, 5.41) is 3.23. The molecule has 0 saturated carbocycles. The van der Waals surface area contributed by atoms with Crippen LogP contribution in [0.25, 0.3) is 0 Å². The van der Waals surface area contributed by atoms with Crippen LogP contribution in [0.1, 0.15) is 11.3 Å². The first-order valence-electron chi connectivity index (χ1n) is 4.59. The molecule has 0 atom stereocenters. The van der Waals surface area contributed by atoms with Crippen molar-refractivity contribution in [3.63, 3.8) is 0 Å². The molecule has 0 aliphatic rings. The van der Waals surface area contributed by atoms with E-state index in [-0.39, 0.29) is 0 Å². The lowest BCUT2D eigenvalue weighted by Gasteiger charge is -2.07. The van der Waals surface area contributed by atoms with Crippen molar-refractivity contribution in [2.75, 3.05) is 5.32 Å². The highest BCUT2D eigenvalue weighted by molar-refractivity contribution is 9.10. The van der Waals surface area contributed by atoms with Crippen LogP contribution in [0, 0.1) is 6.92 Å². The molecule has 5 heteroatoms. The average molecular weight is 267 g/mol. The average Bonchev–Trinajstić information content (AvgIpc) is 2.73. The maximum absolute atomic E-state index is 4.25. The lowest BCUT2D eigenvalue weighted by atomic mass is 10.3. The Kier molecular flexibility index (Phi) is 3.01. The molecular formula is C10H11BrN4. The third-order valence-electron chi connectivity index (χ3n) is 2.08. The molecule has 2 aromatic heterocycles. The zero-order chi connectivity index (χ0) is 10.7. The van der Waals surface area contributed by atoms with E-state index in [0.29, 0.717) is 6.54 Å². The van der Waals surface area contributed by atoms with Crippen LogP contribution < -0.4 is 5.32 Å². The van der Waals surface area contributed by atoms with Crippen molar-refractivity contribution in [2.45, 2.75) is 13.5 Å². The molecule has 4 nitrogen and oxygen atoms in total. The lowest BCUT2D eigenvalue weighted by molar-refractivity contribution is 1.05. The molecule has 2 aromatic rings. The van der Waals surface area contributed by atoms with Crippen molar-refractivity contribution >= 4 is 21.7 Å². The Bertz CT molecular complexity index is 439.